The molecule has 0 aromatic heterocycles. The zero-order valence-corrected chi connectivity index (χ0v) is 13.6. The number of benzene rings is 1. The molecule has 8 heteroatoms. The molecular weight excluding hydrogens is 326 g/mol. The van der Waals surface area contributed by atoms with Gasteiger partial charge in [0.15, 0.2) is 0 Å². The Bertz CT molecular complexity index is 668. The second-order valence-electron chi connectivity index (χ2n) is 5.57. The number of anilines is 1. The van der Waals surface area contributed by atoms with Gasteiger partial charge in [0.1, 0.15) is 0 Å². The van der Waals surface area contributed by atoms with Gasteiger partial charge in [0.25, 0.3) is 0 Å². The number of rotatable bonds is 3. The van der Waals surface area contributed by atoms with Crippen molar-refractivity contribution in [1.82, 2.24) is 9.21 Å². The van der Waals surface area contributed by atoms with E-state index in [0.29, 0.717) is 36.9 Å². The van der Waals surface area contributed by atoms with Gasteiger partial charge in [0, 0.05) is 36.9 Å². The van der Waals surface area contributed by atoms with Crippen LogP contribution in [0.5, 0.6) is 0 Å². The third-order valence-corrected chi connectivity index (χ3v) is 6.54. The highest BCUT2D eigenvalue weighted by atomic mass is 35.5. The van der Waals surface area contributed by atoms with Crippen LogP contribution in [-0.4, -0.2) is 55.1 Å². The summed E-state index contributed by atoms with van der Waals surface area (Å²) in [5, 5.41) is 3.13. The molecule has 2 amide bonds. The minimum Gasteiger partial charge on any atom is -0.322 e. The standard InChI is InChI=1S/C14H18ClN3O3S/c15-11-2-1-3-12(10-11)16-14(19)17-6-8-18(9-7-17)22(20,21)13-4-5-13/h1-3,10,13H,4-9H2,(H,16,19). The molecule has 120 valence electrons. The zero-order chi connectivity index (χ0) is 15.7. The number of piperazine rings is 1. The number of carbonyl (C=O) groups excluding carboxylic acids is 1. The van der Waals surface area contributed by atoms with Gasteiger partial charge in [-0.15, -0.1) is 0 Å². The molecule has 1 saturated heterocycles. The predicted molar refractivity (Wildman–Crippen MR) is 85.6 cm³/mol. The molecule has 1 aliphatic carbocycles. The van der Waals surface area contributed by atoms with E-state index < -0.39 is 10.0 Å². The average molecular weight is 344 g/mol. The van der Waals surface area contributed by atoms with Crippen molar-refractivity contribution in [1.29, 1.82) is 0 Å². The summed E-state index contributed by atoms with van der Waals surface area (Å²) in [6.45, 7) is 1.53. The Morgan fingerprint density at radius 2 is 1.86 bits per heavy atom. The molecule has 0 bridgehead atoms. The lowest BCUT2D eigenvalue weighted by Crippen LogP contribution is -2.52. The molecule has 1 heterocycles. The SMILES string of the molecule is O=C(Nc1cccc(Cl)c1)N1CCN(S(=O)(=O)C2CC2)CC1. The van der Waals surface area contributed by atoms with Crippen LogP contribution in [0.3, 0.4) is 0 Å². The van der Waals surface area contributed by atoms with Crippen LogP contribution in [0.1, 0.15) is 12.8 Å². The summed E-state index contributed by atoms with van der Waals surface area (Å²) < 4.78 is 25.8. The minimum absolute atomic E-state index is 0.195. The molecule has 0 unspecified atom stereocenters. The summed E-state index contributed by atoms with van der Waals surface area (Å²) in [5.74, 6) is 0. The molecule has 2 fully saturated rings. The lowest BCUT2D eigenvalue weighted by atomic mass is 10.3. The summed E-state index contributed by atoms with van der Waals surface area (Å²) in [4.78, 5) is 13.8. The highest BCUT2D eigenvalue weighted by molar-refractivity contribution is 7.90. The van der Waals surface area contributed by atoms with Crippen molar-refractivity contribution >= 4 is 33.3 Å². The highest BCUT2D eigenvalue weighted by Crippen LogP contribution is 2.31. The van der Waals surface area contributed by atoms with Crippen LogP contribution < -0.4 is 5.32 Å². The van der Waals surface area contributed by atoms with Crippen LogP contribution in [-0.2, 0) is 10.0 Å². The molecule has 1 aliphatic heterocycles. The molecule has 1 saturated carbocycles. The summed E-state index contributed by atoms with van der Waals surface area (Å²) in [6, 6.07) is 6.70. The van der Waals surface area contributed by atoms with Gasteiger partial charge in [0.05, 0.1) is 5.25 Å². The van der Waals surface area contributed by atoms with Gasteiger partial charge in [-0.3, -0.25) is 0 Å². The van der Waals surface area contributed by atoms with Crippen LogP contribution in [0.25, 0.3) is 0 Å². The molecule has 22 heavy (non-hydrogen) atoms. The van der Waals surface area contributed by atoms with E-state index >= 15 is 0 Å². The topological polar surface area (TPSA) is 69.7 Å². The maximum Gasteiger partial charge on any atom is 0.321 e. The maximum absolute atomic E-state index is 12.2. The van der Waals surface area contributed by atoms with Crippen LogP contribution in [0.15, 0.2) is 24.3 Å². The van der Waals surface area contributed by atoms with E-state index in [2.05, 4.69) is 5.32 Å². The van der Waals surface area contributed by atoms with Gasteiger partial charge in [-0.1, -0.05) is 17.7 Å². The second kappa shape index (κ2) is 6.06. The largest absolute Gasteiger partial charge is 0.322 e. The molecule has 3 rings (SSSR count). The number of halogens is 1. The van der Waals surface area contributed by atoms with Crippen molar-refractivity contribution in [3.63, 3.8) is 0 Å². The fourth-order valence-corrected chi connectivity index (χ4v) is 4.51. The van der Waals surface area contributed by atoms with Crippen molar-refractivity contribution in [2.24, 2.45) is 0 Å². The molecule has 0 radical (unpaired) electrons. The lowest BCUT2D eigenvalue weighted by Gasteiger charge is -2.34. The lowest BCUT2D eigenvalue weighted by molar-refractivity contribution is 0.184. The first kappa shape index (κ1) is 15.6. The third kappa shape index (κ3) is 3.37. The number of nitrogens with one attached hydrogen (secondary N) is 1. The number of hydrogen-bond donors (Lipinski definition) is 1. The smallest absolute Gasteiger partial charge is 0.321 e. The first-order chi connectivity index (χ1) is 10.5. The monoisotopic (exact) mass is 343 g/mol. The van der Waals surface area contributed by atoms with Crippen molar-refractivity contribution < 1.29 is 13.2 Å². The van der Waals surface area contributed by atoms with E-state index in [-0.39, 0.29) is 11.3 Å². The Morgan fingerprint density at radius 3 is 2.45 bits per heavy atom. The number of amides is 2. The minimum atomic E-state index is -3.14. The van der Waals surface area contributed by atoms with Gasteiger partial charge < -0.3 is 10.2 Å². The van der Waals surface area contributed by atoms with Crippen molar-refractivity contribution in [3.05, 3.63) is 29.3 Å². The predicted octanol–water partition coefficient (Wildman–Crippen LogP) is 1.98. The van der Waals surface area contributed by atoms with Crippen molar-refractivity contribution in [2.45, 2.75) is 18.1 Å². The normalized spacial score (nSPS) is 20.0. The summed E-state index contributed by atoms with van der Waals surface area (Å²) in [5.41, 5.74) is 0.630. The molecule has 0 spiro atoms. The third-order valence-electron chi connectivity index (χ3n) is 3.91. The fraction of sp³-hybridized carbons (Fsp3) is 0.500. The van der Waals surface area contributed by atoms with Gasteiger partial charge in [-0.05, 0) is 31.0 Å². The van der Waals surface area contributed by atoms with E-state index in [1.807, 2.05) is 0 Å². The van der Waals surface area contributed by atoms with Crippen LogP contribution in [0, 0.1) is 0 Å². The number of sulfonamides is 1. The fourth-order valence-electron chi connectivity index (χ4n) is 2.49. The Labute approximate surface area is 135 Å². The molecule has 2 aliphatic rings. The molecule has 1 aromatic carbocycles. The molecule has 0 atom stereocenters. The number of carbonyl (C=O) groups is 1. The summed E-state index contributed by atoms with van der Waals surface area (Å²) in [6.07, 6.45) is 1.52. The van der Waals surface area contributed by atoms with E-state index in [1.165, 1.54) is 4.31 Å². The van der Waals surface area contributed by atoms with E-state index in [0.717, 1.165) is 12.8 Å². The van der Waals surface area contributed by atoms with Crippen molar-refractivity contribution in [3.8, 4) is 0 Å². The maximum atomic E-state index is 12.2. The number of nitrogens with zero attached hydrogens (tertiary/aromatic N) is 2. The number of hydrogen-bond acceptors (Lipinski definition) is 3. The molecule has 1 N–H and O–H groups in total. The Kier molecular flexibility index (Phi) is 4.29. The average Bonchev–Trinajstić information content (AvgIpc) is 3.32. The van der Waals surface area contributed by atoms with E-state index in [1.54, 1.807) is 29.2 Å². The van der Waals surface area contributed by atoms with Crippen molar-refractivity contribution in [2.75, 3.05) is 31.5 Å². The molecular formula is C14H18ClN3O3S. The van der Waals surface area contributed by atoms with Crippen LogP contribution >= 0.6 is 11.6 Å². The summed E-state index contributed by atoms with van der Waals surface area (Å²) in [7, 11) is -3.14. The first-order valence-electron chi connectivity index (χ1n) is 7.27. The quantitative estimate of drug-likeness (QED) is 0.912. The second-order valence-corrected chi connectivity index (χ2v) is 8.22. The Morgan fingerprint density at radius 1 is 1.18 bits per heavy atom. The Balaban J connectivity index is 1.56. The summed E-state index contributed by atoms with van der Waals surface area (Å²) >= 11 is 5.88. The van der Waals surface area contributed by atoms with Gasteiger partial charge in [-0.25, -0.2) is 13.2 Å². The van der Waals surface area contributed by atoms with Crippen LogP contribution in [0.4, 0.5) is 10.5 Å². The molecule has 1 aromatic rings. The van der Waals surface area contributed by atoms with Gasteiger partial charge in [-0.2, -0.15) is 4.31 Å². The van der Waals surface area contributed by atoms with Gasteiger partial charge >= 0.3 is 6.03 Å². The molecule has 6 nitrogen and oxygen atoms in total. The number of urea groups is 1. The highest BCUT2D eigenvalue weighted by Gasteiger charge is 2.41. The van der Waals surface area contributed by atoms with Crippen LogP contribution in [0.2, 0.25) is 5.02 Å². The van der Waals surface area contributed by atoms with Gasteiger partial charge in [0.2, 0.25) is 10.0 Å². The van der Waals surface area contributed by atoms with E-state index in [9.17, 15) is 13.2 Å². The zero-order valence-electron chi connectivity index (χ0n) is 12.0. The Hall–Kier alpha value is -1.31. The first-order valence-corrected chi connectivity index (χ1v) is 9.15. The van der Waals surface area contributed by atoms with E-state index in [4.69, 9.17) is 11.6 Å².